The first-order chi connectivity index (χ1) is 31.3. The first kappa shape index (κ1) is 49.1. The number of hydrogen-bond acceptors (Lipinski definition) is 6. The number of para-hydroxylation sites is 4. The Morgan fingerprint density at radius 3 is 1.30 bits per heavy atom. The third-order valence-electron chi connectivity index (χ3n) is 15.7. The second-order valence-electron chi connectivity index (χ2n) is 22.2. The molecule has 9 rings (SSSR count). The van der Waals surface area contributed by atoms with Gasteiger partial charge in [-0.25, -0.2) is 0 Å². The van der Waals surface area contributed by atoms with E-state index in [1.54, 1.807) is 0 Å². The van der Waals surface area contributed by atoms with Gasteiger partial charge in [-0.1, -0.05) is 0 Å². The maximum atomic E-state index is 5.78. The number of aryl methyl sites for hydroxylation is 8. The molecule has 5 aliphatic rings. The van der Waals surface area contributed by atoms with Gasteiger partial charge in [-0.3, -0.25) is 0 Å². The summed E-state index contributed by atoms with van der Waals surface area (Å²) in [4.78, 5) is 15.5. The van der Waals surface area contributed by atoms with Crippen LogP contribution in [0.3, 0.4) is 0 Å². The standard InChI is InChI=1S/C55H79B2Ge2N7/c1-36(2)61(37(3)4)56(63(51-40(9)21-17-22-41(51)10)58-35-60-55-32-48-29-49(33-55)31-50(30-48)34-55)64(52-42(11)23-18-24-43(52)12)59-65(53-44(13)25-19-26-45(53)14)57(62(38(5)6)39(7)8)66(59)54-46(15)27-20-28-47(54)16/h17-28,36-39,48-50H,29-34H2,1-16H3/q+1. The molecule has 4 saturated carbocycles. The van der Waals surface area contributed by atoms with Gasteiger partial charge in [-0.05, 0) is 0 Å². The van der Waals surface area contributed by atoms with Crippen molar-refractivity contribution in [2.24, 2.45) is 17.8 Å². The van der Waals surface area contributed by atoms with Crippen LogP contribution < -0.4 is 15.1 Å². The zero-order valence-electron chi connectivity index (χ0n) is 43.5. The van der Waals surface area contributed by atoms with E-state index in [0.717, 1.165) is 17.8 Å². The number of hydrogen-bond donors (Lipinski definition) is 0. The summed E-state index contributed by atoms with van der Waals surface area (Å²) in [5, 5.41) is 0. The van der Waals surface area contributed by atoms with E-state index >= 15 is 0 Å². The molecule has 0 unspecified atom stereocenters. The van der Waals surface area contributed by atoms with Gasteiger partial charge in [0.25, 0.3) is 0 Å². The molecule has 11 heteroatoms. The van der Waals surface area contributed by atoms with Gasteiger partial charge in [0.2, 0.25) is 0 Å². The Morgan fingerprint density at radius 2 is 0.939 bits per heavy atom. The Balaban J connectivity index is 1.46. The molecule has 4 aliphatic carbocycles. The molecule has 1 saturated heterocycles. The van der Waals surface area contributed by atoms with Crippen molar-refractivity contribution >= 4 is 67.7 Å². The third-order valence-corrected chi connectivity index (χ3v) is 23.2. The van der Waals surface area contributed by atoms with Crippen LogP contribution in [0.1, 0.15) is 138 Å². The molecule has 7 nitrogen and oxygen atoms in total. The molecule has 4 aromatic carbocycles. The fraction of sp³-hybridized carbons (Fsp3) is 0.545. The molecule has 3 radical (unpaired) electrons. The summed E-state index contributed by atoms with van der Waals surface area (Å²) >= 11 is -4.10. The normalized spacial score (nSPS) is 21.5. The van der Waals surface area contributed by atoms with Crippen LogP contribution in [-0.2, 0) is 0 Å². The Hall–Kier alpha value is -3.29. The van der Waals surface area contributed by atoms with Crippen molar-refractivity contribution in [2.45, 2.75) is 179 Å². The number of rotatable bonds is 14. The van der Waals surface area contributed by atoms with E-state index in [-0.39, 0.29) is 31.9 Å². The second-order valence-corrected chi connectivity index (χ2v) is 28.4. The van der Waals surface area contributed by atoms with Crippen LogP contribution in [0, 0.1) is 78.0 Å². The fourth-order valence-electron chi connectivity index (χ4n) is 13.6. The average molecular weight is 1010 g/mol. The molecule has 5 fully saturated rings. The van der Waals surface area contributed by atoms with Gasteiger partial charge in [0.15, 0.2) is 0 Å². The monoisotopic (exact) mass is 1010 g/mol. The predicted molar refractivity (Wildman–Crippen MR) is 289 cm³/mol. The van der Waals surface area contributed by atoms with Crippen molar-refractivity contribution in [3.8, 4) is 4.90 Å². The maximum absolute atomic E-state index is 5.78. The van der Waals surface area contributed by atoms with E-state index in [4.69, 9.17) is 4.85 Å². The SMILES string of the molecule is Cc1cccc(C)c1[N]([Ge][C]#[N+]C12CC3CC(CC(C3)C1)C2)B(N(C(C)C)C(C)C)[N](c1c(C)cccc1C)[Ge]1[N](c2c(C)cccc2C)B(N(C(C)C)C(C)C)[N]1c1c(C)cccc1C. The zero-order valence-corrected chi connectivity index (χ0v) is 47.7. The summed E-state index contributed by atoms with van der Waals surface area (Å²) in [5.41, 5.74) is 16.3. The number of anilines is 4. The summed E-state index contributed by atoms with van der Waals surface area (Å²) in [6.45, 7) is 38.2. The molecule has 0 atom stereocenters. The van der Waals surface area contributed by atoms with Crippen LogP contribution in [0.5, 0.6) is 0 Å². The first-order valence-electron chi connectivity index (χ1n) is 25.4. The molecule has 1 aliphatic heterocycles. The minimum absolute atomic E-state index is 0.0208. The van der Waals surface area contributed by atoms with Crippen molar-refractivity contribution in [3.05, 3.63) is 122 Å². The molecule has 66 heavy (non-hydrogen) atoms. The van der Waals surface area contributed by atoms with Crippen molar-refractivity contribution in [1.82, 2.24) is 9.62 Å². The molecule has 0 N–H and O–H groups in total. The van der Waals surface area contributed by atoms with Crippen molar-refractivity contribution in [3.63, 3.8) is 0 Å². The average Bonchev–Trinajstić information content (AvgIpc) is 3.21. The third kappa shape index (κ3) is 9.04. The first-order valence-corrected chi connectivity index (χ1v) is 30.2. The summed E-state index contributed by atoms with van der Waals surface area (Å²) < 4.78 is 11.9. The summed E-state index contributed by atoms with van der Waals surface area (Å²) in [7, 11) is -0.0997. The van der Waals surface area contributed by atoms with Crippen LogP contribution in [0.15, 0.2) is 72.8 Å². The van der Waals surface area contributed by atoms with Gasteiger partial charge < -0.3 is 0 Å². The summed E-state index contributed by atoms with van der Waals surface area (Å²) in [6, 6.07) is 29.0. The molecular formula is C55H79B2Ge2N7+. The van der Waals surface area contributed by atoms with E-state index in [9.17, 15) is 0 Å². The van der Waals surface area contributed by atoms with Crippen molar-refractivity contribution in [1.29, 1.82) is 0 Å². The van der Waals surface area contributed by atoms with Crippen LogP contribution >= 0.6 is 0 Å². The van der Waals surface area contributed by atoms with E-state index in [0.29, 0.717) is 12.1 Å². The zero-order chi connectivity index (χ0) is 47.5. The quantitative estimate of drug-likeness (QED) is 0.117. The Labute approximate surface area is 413 Å². The molecule has 4 bridgehead atoms. The second kappa shape index (κ2) is 19.6. The van der Waals surface area contributed by atoms with Gasteiger partial charge in [0.05, 0.1) is 0 Å². The molecule has 347 valence electrons. The van der Waals surface area contributed by atoms with Crippen LogP contribution in [-0.4, -0.2) is 84.2 Å². The Bertz CT molecular complexity index is 2270. The molecule has 0 amide bonds. The topological polar surface area (TPSA) is 23.8 Å². The number of benzene rings is 4. The molecule has 0 aromatic heterocycles. The number of nitrogens with zero attached hydrogens (tertiary/aromatic N) is 7. The predicted octanol–water partition coefficient (Wildman–Crippen LogP) is 12.6. The van der Waals surface area contributed by atoms with E-state index in [1.165, 1.54) is 106 Å². The van der Waals surface area contributed by atoms with Gasteiger partial charge in [0, 0.05) is 0 Å². The van der Waals surface area contributed by atoms with Crippen molar-refractivity contribution in [2.75, 3.05) is 15.1 Å². The minimum atomic E-state index is -3.01. The van der Waals surface area contributed by atoms with Gasteiger partial charge in [0.1, 0.15) is 0 Å². The Morgan fingerprint density at radius 1 is 0.576 bits per heavy atom. The summed E-state index contributed by atoms with van der Waals surface area (Å²) in [6.07, 6.45) is 8.07. The van der Waals surface area contributed by atoms with E-state index < -0.39 is 30.7 Å². The molecule has 1 heterocycles. The van der Waals surface area contributed by atoms with Crippen molar-refractivity contribution < 1.29 is 0 Å². The molecule has 4 aromatic rings. The van der Waals surface area contributed by atoms with E-state index in [1.807, 2.05) is 0 Å². The van der Waals surface area contributed by atoms with Gasteiger partial charge in [-0.2, -0.15) is 0 Å². The van der Waals surface area contributed by atoms with Gasteiger partial charge in [-0.15, -0.1) is 0 Å². The van der Waals surface area contributed by atoms with E-state index in [2.05, 4.69) is 213 Å². The van der Waals surface area contributed by atoms with Crippen LogP contribution in [0.4, 0.5) is 22.7 Å². The Kier molecular flexibility index (Phi) is 14.6. The molecule has 0 spiro atoms. The van der Waals surface area contributed by atoms with Crippen LogP contribution in [0.25, 0.3) is 4.85 Å². The van der Waals surface area contributed by atoms with Crippen LogP contribution in [0.2, 0.25) is 0 Å². The molecular weight excluding hydrogens is 925 g/mol. The summed E-state index contributed by atoms with van der Waals surface area (Å²) in [5.74, 6) is 2.55. The van der Waals surface area contributed by atoms with Gasteiger partial charge >= 0.3 is 416 Å². The fourth-order valence-corrected chi connectivity index (χ4v) is 24.2.